The van der Waals surface area contributed by atoms with Crippen LogP contribution in [-0.2, 0) is 0 Å². The lowest BCUT2D eigenvalue weighted by Crippen LogP contribution is -1.98. The first-order chi connectivity index (χ1) is 11.4. The molecule has 0 aliphatic rings. The Hall–Kier alpha value is -3.00. The Labute approximate surface area is 141 Å². The van der Waals surface area contributed by atoms with Crippen LogP contribution >= 0.6 is 0 Å². The van der Waals surface area contributed by atoms with Gasteiger partial charge < -0.3 is 10.5 Å². The number of aryl methyl sites for hydroxylation is 3. The highest BCUT2D eigenvalue weighted by molar-refractivity contribution is 5.95. The van der Waals surface area contributed by atoms with Gasteiger partial charge in [0.2, 0.25) is 0 Å². The smallest absolute Gasteiger partial charge is 0.149 e. The third-order valence-electron chi connectivity index (χ3n) is 4.58. The van der Waals surface area contributed by atoms with Crippen molar-refractivity contribution in [3.05, 3.63) is 46.4 Å². The summed E-state index contributed by atoms with van der Waals surface area (Å²) in [6.45, 7) is 7.95. The van der Waals surface area contributed by atoms with Crippen molar-refractivity contribution >= 4 is 11.3 Å². The van der Waals surface area contributed by atoms with Gasteiger partial charge in [-0.2, -0.15) is 5.26 Å². The molecule has 0 aliphatic heterocycles. The molecule has 3 aromatic rings. The van der Waals surface area contributed by atoms with Gasteiger partial charge in [0.05, 0.1) is 18.4 Å². The number of nitrogens with zero attached hydrogens (tertiary/aromatic N) is 3. The maximum Gasteiger partial charge on any atom is 0.149 e. The van der Waals surface area contributed by atoms with Gasteiger partial charge in [0.25, 0.3) is 0 Å². The molecule has 0 radical (unpaired) electrons. The highest BCUT2D eigenvalue weighted by Gasteiger charge is 2.23. The average molecular weight is 320 g/mol. The lowest BCUT2D eigenvalue weighted by Gasteiger charge is -2.14. The second-order valence-corrected chi connectivity index (χ2v) is 6.04. The van der Waals surface area contributed by atoms with Crippen molar-refractivity contribution in [3.8, 4) is 22.9 Å². The molecule has 0 bridgehead atoms. The van der Waals surface area contributed by atoms with Crippen LogP contribution in [0.4, 0.5) is 5.69 Å². The maximum atomic E-state index is 9.57. The number of nitriles is 1. The Morgan fingerprint density at radius 1 is 1.12 bits per heavy atom. The van der Waals surface area contributed by atoms with Crippen molar-refractivity contribution in [3.63, 3.8) is 0 Å². The maximum absolute atomic E-state index is 9.57. The Bertz CT molecular complexity index is 1010. The number of hydrogen-bond acceptors (Lipinski definition) is 4. The normalized spacial score (nSPS) is 10.8. The highest BCUT2D eigenvalue weighted by Crippen LogP contribution is 2.41. The van der Waals surface area contributed by atoms with Crippen LogP contribution in [0.1, 0.15) is 28.1 Å². The Balaban J connectivity index is 2.51. The number of hydrogen-bond donors (Lipinski definition) is 1. The number of methoxy groups -OCH3 is 1. The topological polar surface area (TPSA) is 76.3 Å². The van der Waals surface area contributed by atoms with Gasteiger partial charge in [0, 0.05) is 11.9 Å². The molecule has 0 atom stereocenters. The van der Waals surface area contributed by atoms with Gasteiger partial charge in [-0.25, -0.2) is 4.98 Å². The van der Waals surface area contributed by atoms with E-state index in [2.05, 4.69) is 6.07 Å². The number of benzene rings is 1. The molecule has 5 nitrogen and oxygen atoms in total. The molecule has 0 saturated carbocycles. The Kier molecular flexibility index (Phi) is 3.69. The van der Waals surface area contributed by atoms with E-state index in [1.165, 1.54) is 0 Å². The van der Waals surface area contributed by atoms with Crippen LogP contribution in [0.2, 0.25) is 0 Å². The van der Waals surface area contributed by atoms with Crippen molar-refractivity contribution in [1.29, 1.82) is 5.26 Å². The molecule has 0 unspecified atom stereocenters. The van der Waals surface area contributed by atoms with Crippen LogP contribution in [-0.4, -0.2) is 16.5 Å². The second-order valence-electron chi connectivity index (χ2n) is 6.04. The van der Waals surface area contributed by atoms with Crippen molar-refractivity contribution in [2.45, 2.75) is 27.7 Å². The largest absolute Gasteiger partial charge is 0.496 e. The first kappa shape index (κ1) is 15.9. The van der Waals surface area contributed by atoms with E-state index >= 15 is 0 Å². The zero-order valence-corrected chi connectivity index (χ0v) is 14.6. The van der Waals surface area contributed by atoms with Gasteiger partial charge in [-0.05, 0) is 56.0 Å². The lowest BCUT2D eigenvalue weighted by molar-refractivity contribution is 0.412. The molecule has 0 amide bonds. The molecule has 2 N–H and O–H groups in total. The third kappa shape index (κ3) is 2.11. The molecular formula is C19H20N4O. The quantitative estimate of drug-likeness (QED) is 0.781. The lowest BCUT2D eigenvalue weighted by atomic mass is 9.95. The van der Waals surface area contributed by atoms with Crippen LogP contribution < -0.4 is 10.5 Å². The minimum atomic E-state index is 0.414. The number of nitrogen functional groups attached to an aromatic ring is 1. The molecule has 122 valence electrons. The predicted octanol–water partition coefficient (Wildman–Crippen LogP) is 3.70. The van der Waals surface area contributed by atoms with Gasteiger partial charge in [-0.3, -0.25) is 4.40 Å². The van der Waals surface area contributed by atoms with Crippen molar-refractivity contribution in [2.75, 3.05) is 12.8 Å². The summed E-state index contributed by atoms with van der Waals surface area (Å²) in [5, 5.41) is 9.57. The number of ether oxygens (including phenoxy) is 1. The van der Waals surface area contributed by atoms with Crippen molar-refractivity contribution in [1.82, 2.24) is 9.38 Å². The highest BCUT2D eigenvalue weighted by atomic mass is 16.5. The van der Waals surface area contributed by atoms with E-state index < -0.39 is 0 Å². The molecule has 24 heavy (non-hydrogen) atoms. The second kappa shape index (κ2) is 5.57. The van der Waals surface area contributed by atoms with Gasteiger partial charge in [0.15, 0.2) is 0 Å². The zero-order valence-electron chi connectivity index (χ0n) is 14.6. The van der Waals surface area contributed by atoms with Gasteiger partial charge in [0.1, 0.15) is 23.2 Å². The van der Waals surface area contributed by atoms with Crippen LogP contribution in [0.3, 0.4) is 0 Å². The molecule has 0 fully saturated rings. The van der Waals surface area contributed by atoms with E-state index in [1.54, 1.807) is 11.5 Å². The summed E-state index contributed by atoms with van der Waals surface area (Å²) < 4.78 is 7.24. The summed E-state index contributed by atoms with van der Waals surface area (Å²) in [6.07, 6.45) is 1.92. The van der Waals surface area contributed by atoms with E-state index in [0.29, 0.717) is 17.0 Å². The molecular weight excluding hydrogens is 300 g/mol. The molecule has 1 aromatic carbocycles. The SMILES string of the molecule is COc1ccc(C)c(-c2c(N)c(C#N)n3cc(C)c(C)nc23)c1C. The Morgan fingerprint density at radius 2 is 1.83 bits per heavy atom. The number of nitrogens with two attached hydrogens (primary N) is 1. The molecule has 2 aromatic heterocycles. The average Bonchev–Trinajstić information content (AvgIpc) is 2.80. The van der Waals surface area contributed by atoms with Crippen molar-refractivity contribution in [2.24, 2.45) is 0 Å². The van der Waals surface area contributed by atoms with Crippen LogP contribution in [0.25, 0.3) is 16.8 Å². The minimum absolute atomic E-state index is 0.414. The first-order valence-electron chi connectivity index (χ1n) is 7.73. The number of anilines is 1. The van der Waals surface area contributed by atoms with E-state index in [-0.39, 0.29) is 0 Å². The van der Waals surface area contributed by atoms with E-state index in [0.717, 1.165) is 39.3 Å². The number of aromatic nitrogens is 2. The van der Waals surface area contributed by atoms with Crippen LogP contribution in [0.15, 0.2) is 18.3 Å². The summed E-state index contributed by atoms with van der Waals surface area (Å²) in [6, 6.07) is 6.15. The summed E-state index contributed by atoms with van der Waals surface area (Å²) in [7, 11) is 1.65. The van der Waals surface area contributed by atoms with Gasteiger partial charge in [-0.1, -0.05) is 6.07 Å². The molecule has 0 aliphatic carbocycles. The van der Waals surface area contributed by atoms with Gasteiger partial charge >= 0.3 is 0 Å². The zero-order chi connectivity index (χ0) is 17.6. The fraction of sp³-hybridized carbons (Fsp3) is 0.263. The summed E-state index contributed by atoms with van der Waals surface area (Å²) in [4.78, 5) is 4.71. The minimum Gasteiger partial charge on any atom is -0.496 e. The van der Waals surface area contributed by atoms with E-state index in [1.807, 2.05) is 46.0 Å². The van der Waals surface area contributed by atoms with Gasteiger partial charge in [-0.15, -0.1) is 0 Å². The Morgan fingerprint density at radius 3 is 2.46 bits per heavy atom. The van der Waals surface area contributed by atoms with Crippen molar-refractivity contribution < 1.29 is 4.74 Å². The van der Waals surface area contributed by atoms with Crippen LogP contribution in [0, 0.1) is 39.0 Å². The first-order valence-corrected chi connectivity index (χ1v) is 7.73. The fourth-order valence-corrected chi connectivity index (χ4v) is 3.16. The molecule has 5 heteroatoms. The van der Waals surface area contributed by atoms with E-state index in [9.17, 15) is 5.26 Å². The predicted molar refractivity (Wildman–Crippen MR) is 95.3 cm³/mol. The fourth-order valence-electron chi connectivity index (χ4n) is 3.16. The number of fused-ring (bicyclic) bond motifs is 1. The summed E-state index contributed by atoms with van der Waals surface area (Å²) in [5.41, 5.74) is 13.7. The summed E-state index contributed by atoms with van der Waals surface area (Å²) in [5.74, 6) is 0.789. The van der Waals surface area contributed by atoms with E-state index in [4.69, 9.17) is 15.5 Å². The molecule has 3 rings (SSSR count). The third-order valence-corrected chi connectivity index (χ3v) is 4.58. The number of rotatable bonds is 2. The molecule has 0 saturated heterocycles. The monoisotopic (exact) mass is 320 g/mol. The molecule has 2 heterocycles. The van der Waals surface area contributed by atoms with Crippen LogP contribution in [0.5, 0.6) is 5.75 Å². The summed E-state index contributed by atoms with van der Waals surface area (Å²) >= 11 is 0. The standard InChI is InChI=1S/C19H20N4O/c1-10-6-7-15(24-5)12(3)16(10)17-18(21)14(8-20)23-9-11(2)13(4)22-19(17)23/h6-7,9H,21H2,1-5H3. The molecule has 0 spiro atoms.